The van der Waals surface area contributed by atoms with Gasteiger partial charge in [0.05, 0.1) is 0 Å². The highest BCUT2D eigenvalue weighted by Gasteiger charge is 2.21. The van der Waals surface area contributed by atoms with Crippen molar-refractivity contribution in [3.05, 3.63) is 53.6 Å². The van der Waals surface area contributed by atoms with Crippen LogP contribution in [0.4, 0.5) is 5.69 Å². The maximum Gasteiger partial charge on any atom is 0.239 e. The summed E-state index contributed by atoms with van der Waals surface area (Å²) in [6.07, 6.45) is 0. The number of hydrogen-bond donors (Lipinski definition) is 1. The maximum absolute atomic E-state index is 12.5. The fourth-order valence-electron chi connectivity index (χ4n) is 2.46. The predicted molar refractivity (Wildman–Crippen MR) is 98.5 cm³/mol. The first-order chi connectivity index (χ1) is 12.0. The number of ether oxygens (including phenoxy) is 2. The van der Waals surface area contributed by atoms with Gasteiger partial charge in [0.2, 0.25) is 5.91 Å². The van der Waals surface area contributed by atoms with Gasteiger partial charge < -0.3 is 14.8 Å². The first-order valence-electron chi connectivity index (χ1n) is 8.16. The van der Waals surface area contributed by atoms with Gasteiger partial charge in [0.25, 0.3) is 0 Å². The van der Waals surface area contributed by atoms with Crippen LogP contribution in [0, 0.1) is 6.92 Å². The molecule has 0 saturated carbocycles. The van der Waals surface area contributed by atoms with Crippen LogP contribution in [-0.4, -0.2) is 28.6 Å². The number of amides is 1. The van der Waals surface area contributed by atoms with Crippen molar-refractivity contribution >= 4 is 22.4 Å². The van der Waals surface area contributed by atoms with Crippen LogP contribution in [0.1, 0.15) is 18.1 Å². The van der Waals surface area contributed by atoms with Gasteiger partial charge in [0.1, 0.15) is 18.5 Å². The van der Waals surface area contributed by atoms with E-state index >= 15 is 0 Å². The van der Waals surface area contributed by atoms with Gasteiger partial charge in [-0.15, -0.1) is 0 Å². The number of anilines is 1. The lowest BCUT2D eigenvalue weighted by molar-refractivity contribution is -0.115. The minimum Gasteiger partial charge on any atom is -0.486 e. The molecule has 2 atom stereocenters. The number of carbonyl (C=O) groups excluding carboxylic acids is 1. The van der Waals surface area contributed by atoms with Crippen LogP contribution in [0.2, 0.25) is 0 Å². The summed E-state index contributed by atoms with van der Waals surface area (Å²) in [5, 5.41) is 2.18. The number of fused-ring (bicyclic) bond motifs is 1. The number of rotatable bonds is 5. The Labute approximate surface area is 149 Å². The van der Waals surface area contributed by atoms with Crippen molar-refractivity contribution in [3.63, 3.8) is 0 Å². The van der Waals surface area contributed by atoms with Gasteiger partial charge in [0.15, 0.2) is 11.5 Å². The molecule has 2 aromatic rings. The Bertz CT molecular complexity index is 789. The summed E-state index contributed by atoms with van der Waals surface area (Å²) in [4.78, 5) is 12.4. The van der Waals surface area contributed by atoms with E-state index in [-0.39, 0.29) is 5.91 Å². The third-order valence-electron chi connectivity index (χ3n) is 4.00. The van der Waals surface area contributed by atoms with Gasteiger partial charge in [-0.1, -0.05) is 29.8 Å². The van der Waals surface area contributed by atoms with Crippen LogP contribution >= 0.6 is 0 Å². The van der Waals surface area contributed by atoms with Crippen molar-refractivity contribution in [2.45, 2.75) is 24.9 Å². The molecule has 1 aliphatic heterocycles. The molecule has 2 aromatic carbocycles. The van der Waals surface area contributed by atoms with E-state index in [9.17, 15) is 9.00 Å². The fraction of sp³-hybridized carbons (Fsp3) is 0.316. The first-order valence-corrected chi connectivity index (χ1v) is 9.54. The van der Waals surface area contributed by atoms with Crippen molar-refractivity contribution in [3.8, 4) is 11.5 Å². The van der Waals surface area contributed by atoms with Gasteiger partial charge >= 0.3 is 0 Å². The number of nitrogens with one attached hydrogen (secondary N) is 1. The molecule has 6 heteroatoms. The van der Waals surface area contributed by atoms with E-state index < -0.39 is 16.0 Å². The Balaban J connectivity index is 1.62. The number of hydrogen-bond acceptors (Lipinski definition) is 4. The van der Waals surface area contributed by atoms with Gasteiger partial charge in [0, 0.05) is 28.3 Å². The van der Waals surface area contributed by atoms with E-state index in [0.29, 0.717) is 36.2 Å². The minimum atomic E-state index is -1.30. The van der Waals surface area contributed by atoms with Crippen LogP contribution in [-0.2, 0) is 21.3 Å². The van der Waals surface area contributed by atoms with Crippen molar-refractivity contribution in [2.75, 3.05) is 18.5 Å². The molecular formula is C19H21NO4S. The molecular weight excluding hydrogens is 338 g/mol. The highest BCUT2D eigenvalue weighted by molar-refractivity contribution is 7.85. The molecule has 1 N–H and O–H groups in total. The topological polar surface area (TPSA) is 64.6 Å². The van der Waals surface area contributed by atoms with Crippen molar-refractivity contribution in [1.82, 2.24) is 0 Å². The maximum atomic E-state index is 12.5. The summed E-state index contributed by atoms with van der Waals surface area (Å²) < 4.78 is 23.4. The Kier molecular flexibility index (Phi) is 5.38. The number of carbonyl (C=O) groups is 1. The second kappa shape index (κ2) is 7.70. The average molecular weight is 359 g/mol. The molecule has 0 fully saturated rings. The van der Waals surface area contributed by atoms with Gasteiger partial charge in [-0.3, -0.25) is 9.00 Å². The highest BCUT2D eigenvalue weighted by Crippen LogP contribution is 2.32. The van der Waals surface area contributed by atoms with Crippen LogP contribution in [0.25, 0.3) is 0 Å². The summed E-state index contributed by atoms with van der Waals surface area (Å²) in [5.41, 5.74) is 2.72. The molecule has 0 radical (unpaired) electrons. The second-order valence-electron chi connectivity index (χ2n) is 6.00. The molecule has 0 aromatic heterocycles. The Morgan fingerprint density at radius 2 is 1.80 bits per heavy atom. The van der Waals surface area contributed by atoms with Gasteiger partial charge in [-0.25, -0.2) is 0 Å². The highest BCUT2D eigenvalue weighted by atomic mass is 32.2. The van der Waals surface area contributed by atoms with E-state index in [4.69, 9.17) is 9.47 Å². The van der Waals surface area contributed by atoms with Crippen molar-refractivity contribution in [1.29, 1.82) is 0 Å². The molecule has 1 aliphatic rings. The molecule has 2 unspecified atom stereocenters. The average Bonchev–Trinajstić information content (AvgIpc) is 2.62. The Hall–Kier alpha value is -2.34. The Morgan fingerprint density at radius 3 is 2.52 bits per heavy atom. The van der Waals surface area contributed by atoms with Crippen LogP contribution < -0.4 is 14.8 Å². The number of benzene rings is 2. The normalized spacial score (nSPS) is 15.3. The standard InChI is InChI=1S/C19H21NO4S/c1-13-3-5-15(6-4-13)12-25(22)14(2)19(21)20-16-7-8-17-18(11-16)24-10-9-23-17/h3-8,11,14H,9-10,12H2,1-2H3,(H,20,21). The molecule has 132 valence electrons. The zero-order valence-corrected chi connectivity index (χ0v) is 15.1. The molecule has 0 aliphatic carbocycles. The third-order valence-corrected chi connectivity index (χ3v) is 5.62. The van der Waals surface area contributed by atoms with Crippen molar-refractivity contribution < 1.29 is 18.5 Å². The summed E-state index contributed by atoms with van der Waals surface area (Å²) in [6, 6.07) is 13.1. The SMILES string of the molecule is Cc1ccc(CS(=O)C(C)C(=O)Nc2ccc3c(c2)OCCO3)cc1. The van der Waals surface area contributed by atoms with Crippen LogP contribution in [0.5, 0.6) is 11.5 Å². The first kappa shape index (κ1) is 17.5. The summed E-state index contributed by atoms with van der Waals surface area (Å²) in [6.45, 7) is 4.69. The molecule has 3 rings (SSSR count). The van der Waals surface area contributed by atoms with Crippen LogP contribution in [0.15, 0.2) is 42.5 Å². The van der Waals surface area contributed by atoms with Crippen molar-refractivity contribution in [2.24, 2.45) is 0 Å². The molecule has 0 saturated heterocycles. The Morgan fingerprint density at radius 1 is 1.12 bits per heavy atom. The summed E-state index contributed by atoms with van der Waals surface area (Å²) in [7, 11) is -1.30. The second-order valence-corrected chi connectivity index (χ2v) is 7.76. The lowest BCUT2D eigenvalue weighted by atomic mass is 10.2. The van der Waals surface area contributed by atoms with E-state index in [0.717, 1.165) is 11.1 Å². The van der Waals surface area contributed by atoms with Crippen LogP contribution in [0.3, 0.4) is 0 Å². The lowest BCUT2D eigenvalue weighted by Crippen LogP contribution is -2.29. The summed E-state index contributed by atoms with van der Waals surface area (Å²) in [5.74, 6) is 1.36. The molecule has 1 heterocycles. The third kappa shape index (κ3) is 4.39. The van der Waals surface area contributed by atoms with Gasteiger partial charge in [-0.2, -0.15) is 0 Å². The van der Waals surface area contributed by atoms with E-state index in [1.165, 1.54) is 0 Å². The minimum absolute atomic E-state index is 0.276. The summed E-state index contributed by atoms with van der Waals surface area (Å²) >= 11 is 0. The molecule has 0 bridgehead atoms. The lowest BCUT2D eigenvalue weighted by Gasteiger charge is -2.19. The zero-order valence-electron chi connectivity index (χ0n) is 14.3. The monoisotopic (exact) mass is 359 g/mol. The largest absolute Gasteiger partial charge is 0.486 e. The molecule has 5 nitrogen and oxygen atoms in total. The quantitative estimate of drug-likeness (QED) is 0.891. The number of aryl methyl sites for hydroxylation is 1. The van der Waals surface area contributed by atoms with E-state index in [2.05, 4.69) is 5.32 Å². The molecule has 1 amide bonds. The van der Waals surface area contributed by atoms with E-state index in [1.807, 2.05) is 31.2 Å². The fourth-order valence-corrected chi connectivity index (χ4v) is 3.53. The molecule has 0 spiro atoms. The smallest absolute Gasteiger partial charge is 0.239 e. The predicted octanol–water partition coefficient (Wildman–Crippen LogP) is 3.04. The zero-order chi connectivity index (χ0) is 17.8. The molecule has 25 heavy (non-hydrogen) atoms. The van der Waals surface area contributed by atoms with E-state index in [1.54, 1.807) is 25.1 Å². The van der Waals surface area contributed by atoms with Gasteiger partial charge in [-0.05, 0) is 31.5 Å².